The number of hydrazine groups is 1. The second-order valence-corrected chi connectivity index (χ2v) is 1.18. The Bertz CT molecular complexity index is 48.2. The molecule has 0 aliphatic carbocycles. The monoisotopic (exact) mass is 106 g/mol. The van der Waals surface area contributed by atoms with Crippen molar-refractivity contribution < 1.29 is 10.4 Å². The Kier molecular flexibility index (Phi) is 2.86. The number of nitrogens with zero attached hydrogens (tertiary/aromatic N) is 2. The van der Waals surface area contributed by atoms with Crippen molar-refractivity contribution in [3.05, 3.63) is 0 Å². The molecule has 0 saturated carbocycles. The van der Waals surface area contributed by atoms with Crippen LogP contribution < -0.4 is 0 Å². The molecule has 4 nitrogen and oxygen atoms in total. The lowest BCUT2D eigenvalue weighted by molar-refractivity contribution is -0.352. The summed E-state index contributed by atoms with van der Waals surface area (Å²) >= 11 is 0. The molecule has 44 valence electrons. The molecule has 0 rings (SSSR count). The largest absolute Gasteiger partial charge is 0.297 e. The van der Waals surface area contributed by atoms with Gasteiger partial charge in [0.2, 0.25) is 0 Å². The van der Waals surface area contributed by atoms with Crippen molar-refractivity contribution in [1.82, 2.24) is 10.3 Å². The van der Waals surface area contributed by atoms with Crippen molar-refractivity contribution in [3.8, 4) is 0 Å². The second kappa shape index (κ2) is 2.92. The topological polar surface area (TPSA) is 46.9 Å². The maximum Gasteiger partial charge on any atom is 0.0395 e. The first-order valence-corrected chi connectivity index (χ1v) is 2.07. The van der Waals surface area contributed by atoms with Crippen molar-refractivity contribution in [1.29, 1.82) is 0 Å². The smallest absolute Gasteiger partial charge is 0.0395 e. The third kappa shape index (κ3) is 2.52. The fourth-order valence-electron chi connectivity index (χ4n) is 0.205. The van der Waals surface area contributed by atoms with Crippen LogP contribution in [0.4, 0.5) is 0 Å². The summed E-state index contributed by atoms with van der Waals surface area (Å²) in [6, 6.07) is 0. The van der Waals surface area contributed by atoms with E-state index in [4.69, 9.17) is 10.4 Å². The number of hydrogen-bond acceptors (Lipinski definition) is 4. The van der Waals surface area contributed by atoms with Crippen LogP contribution in [-0.4, -0.2) is 34.4 Å². The quantitative estimate of drug-likeness (QED) is 0.484. The zero-order valence-electron chi connectivity index (χ0n) is 4.50. The predicted octanol–water partition coefficient (Wildman–Crippen LogP) is -0.0665. The van der Waals surface area contributed by atoms with Crippen molar-refractivity contribution in [2.24, 2.45) is 0 Å². The Morgan fingerprint density at radius 1 is 1.43 bits per heavy atom. The van der Waals surface area contributed by atoms with Gasteiger partial charge in [0.15, 0.2) is 0 Å². The van der Waals surface area contributed by atoms with Gasteiger partial charge in [-0.3, -0.25) is 10.4 Å². The molecule has 7 heavy (non-hydrogen) atoms. The predicted molar refractivity (Wildman–Crippen MR) is 23.7 cm³/mol. The molecule has 0 aromatic carbocycles. The van der Waals surface area contributed by atoms with Crippen LogP contribution >= 0.6 is 0 Å². The zero-order valence-corrected chi connectivity index (χ0v) is 4.50. The Labute approximate surface area is 42.5 Å². The maximum absolute atomic E-state index is 8.44. The van der Waals surface area contributed by atoms with Gasteiger partial charge in [-0.15, -0.1) is 10.3 Å². The van der Waals surface area contributed by atoms with Crippen molar-refractivity contribution in [2.45, 2.75) is 6.92 Å². The molecule has 0 bridgehead atoms. The molecule has 0 aliphatic heterocycles. The summed E-state index contributed by atoms with van der Waals surface area (Å²) in [7, 11) is 1.34. The lowest BCUT2D eigenvalue weighted by Gasteiger charge is -2.16. The van der Waals surface area contributed by atoms with E-state index < -0.39 is 0 Å². The summed E-state index contributed by atoms with van der Waals surface area (Å²) in [6.07, 6.45) is 0. The molecule has 0 amide bonds. The third-order valence-electron chi connectivity index (χ3n) is 0.617. The minimum absolute atomic E-state index is 0.382. The van der Waals surface area contributed by atoms with Crippen LogP contribution in [0.15, 0.2) is 0 Å². The number of rotatable bonds is 2. The van der Waals surface area contributed by atoms with Crippen molar-refractivity contribution in [2.75, 3.05) is 13.6 Å². The lowest BCUT2D eigenvalue weighted by atomic mass is 10.8. The molecule has 0 aromatic heterocycles. The molecule has 0 radical (unpaired) electrons. The summed E-state index contributed by atoms with van der Waals surface area (Å²) in [5, 5.41) is 18.1. The molecule has 0 heterocycles. The summed E-state index contributed by atoms with van der Waals surface area (Å²) in [4.78, 5) is 0. The lowest BCUT2D eigenvalue weighted by Crippen LogP contribution is -2.33. The first-order chi connectivity index (χ1) is 3.18. The minimum atomic E-state index is 0.382. The van der Waals surface area contributed by atoms with Gasteiger partial charge in [-0.05, 0) is 6.92 Å². The molecular formula is C3H10N2O2. The fraction of sp³-hybridized carbons (Fsp3) is 1.00. The standard InChI is InChI=1S/C3H10N2O2/c1-3-5(7)4(2)6/h6-7H,3H2,1-2H3. The van der Waals surface area contributed by atoms with E-state index in [2.05, 4.69) is 0 Å². The molecule has 4 heteroatoms. The van der Waals surface area contributed by atoms with E-state index in [-0.39, 0.29) is 0 Å². The van der Waals surface area contributed by atoms with Gasteiger partial charge in [0.05, 0.1) is 0 Å². The van der Waals surface area contributed by atoms with Crippen molar-refractivity contribution in [3.63, 3.8) is 0 Å². The van der Waals surface area contributed by atoms with E-state index >= 15 is 0 Å². The normalized spacial score (nSPS) is 11.1. The molecule has 0 unspecified atom stereocenters. The van der Waals surface area contributed by atoms with E-state index in [1.165, 1.54) is 7.05 Å². The first-order valence-electron chi connectivity index (χ1n) is 2.07. The highest BCUT2D eigenvalue weighted by molar-refractivity contribution is 4.16. The van der Waals surface area contributed by atoms with Crippen LogP contribution in [0.1, 0.15) is 6.92 Å². The number of hydroxylamine groups is 2. The first kappa shape index (κ1) is 6.84. The molecular weight excluding hydrogens is 96.0 g/mol. The second-order valence-electron chi connectivity index (χ2n) is 1.18. The highest BCUT2D eigenvalue weighted by Gasteiger charge is 1.96. The minimum Gasteiger partial charge on any atom is -0.297 e. The van der Waals surface area contributed by atoms with Gasteiger partial charge in [0.1, 0.15) is 0 Å². The van der Waals surface area contributed by atoms with Gasteiger partial charge in [0.25, 0.3) is 0 Å². The van der Waals surface area contributed by atoms with E-state index in [9.17, 15) is 0 Å². The van der Waals surface area contributed by atoms with Gasteiger partial charge < -0.3 is 0 Å². The Morgan fingerprint density at radius 2 is 1.86 bits per heavy atom. The Morgan fingerprint density at radius 3 is 1.86 bits per heavy atom. The van der Waals surface area contributed by atoms with Gasteiger partial charge in [0, 0.05) is 13.6 Å². The van der Waals surface area contributed by atoms with E-state index in [0.717, 1.165) is 0 Å². The summed E-state index contributed by atoms with van der Waals surface area (Å²) in [5.74, 6) is 0. The summed E-state index contributed by atoms with van der Waals surface area (Å²) in [6.45, 7) is 2.10. The SMILES string of the molecule is CCN(O)N(C)O. The van der Waals surface area contributed by atoms with Gasteiger partial charge in [-0.2, -0.15) is 0 Å². The van der Waals surface area contributed by atoms with Crippen LogP contribution in [0.3, 0.4) is 0 Å². The fourth-order valence-corrected chi connectivity index (χ4v) is 0.205. The maximum atomic E-state index is 8.44. The summed E-state index contributed by atoms with van der Waals surface area (Å²) < 4.78 is 0. The van der Waals surface area contributed by atoms with E-state index in [1.807, 2.05) is 0 Å². The van der Waals surface area contributed by atoms with Crippen molar-refractivity contribution >= 4 is 0 Å². The highest BCUT2D eigenvalue weighted by Crippen LogP contribution is 1.79. The Balaban J connectivity index is 3.14. The van der Waals surface area contributed by atoms with Crippen LogP contribution in [0.25, 0.3) is 0 Å². The molecule has 0 aromatic rings. The summed E-state index contributed by atoms with van der Waals surface area (Å²) in [5.41, 5.74) is 0. The zero-order chi connectivity index (χ0) is 5.86. The average Bonchev–Trinajstić information content (AvgIpc) is 1.65. The molecule has 0 atom stereocenters. The average molecular weight is 106 g/mol. The van der Waals surface area contributed by atoms with Crippen LogP contribution in [0, 0.1) is 0 Å². The van der Waals surface area contributed by atoms with Crippen LogP contribution in [-0.2, 0) is 0 Å². The Hall–Kier alpha value is -0.160. The van der Waals surface area contributed by atoms with Gasteiger partial charge >= 0.3 is 0 Å². The van der Waals surface area contributed by atoms with Crippen LogP contribution in [0.5, 0.6) is 0 Å². The van der Waals surface area contributed by atoms with Crippen LogP contribution in [0.2, 0.25) is 0 Å². The molecule has 0 spiro atoms. The molecule has 0 aliphatic rings. The molecule has 0 fully saturated rings. The molecule has 0 saturated heterocycles. The van der Waals surface area contributed by atoms with Gasteiger partial charge in [-0.25, -0.2) is 0 Å². The number of hydrogen-bond donors (Lipinski definition) is 2. The van der Waals surface area contributed by atoms with E-state index in [0.29, 0.717) is 16.9 Å². The molecule has 2 N–H and O–H groups in total. The highest BCUT2D eigenvalue weighted by atomic mass is 16.7. The van der Waals surface area contributed by atoms with E-state index in [1.54, 1.807) is 6.92 Å². The van der Waals surface area contributed by atoms with Gasteiger partial charge in [-0.1, -0.05) is 0 Å². The third-order valence-corrected chi connectivity index (χ3v) is 0.617.